The van der Waals surface area contributed by atoms with Crippen LogP contribution >= 0.6 is 0 Å². The van der Waals surface area contributed by atoms with Gasteiger partial charge in [-0.05, 0) is 0 Å². The first-order chi connectivity index (χ1) is 6.38. The molecule has 0 bridgehead atoms. The van der Waals surface area contributed by atoms with Crippen molar-refractivity contribution in [1.29, 1.82) is 0 Å². The molecule has 2 rings (SSSR count). The van der Waals surface area contributed by atoms with E-state index in [0.717, 1.165) is 0 Å². The molecule has 67 valence electrons. The first-order valence-corrected chi connectivity index (χ1v) is 3.66. The number of hydrogen-bond acceptors (Lipinski definition) is 4. The number of carbonyl (C=O) groups excluding carboxylic acids is 1. The number of nitrogens with zero attached hydrogens (tertiary/aromatic N) is 4. The zero-order valence-corrected chi connectivity index (χ0v) is 10.00. The number of ketones is 1. The van der Waals surface area contributed by atoms with Gasteiger partial charge >= 0.3 is 0 Å². The molecule has 0 aliphatic heterocycles. The van der Waals surface area contributed by atoms with E-state index in [1.807, 2.05) is 6.07 Å². The Kier molecular flexibility index (Phi) is 4.04. The standard InChI is InChI=1S/C8H6N4O.Y/c13-7(8-9-11-12-10-8)6-4-2-1-3-5-6;/h1-5H,(H,9,10,11,12,13);/p-1. The van der Waals surface area contributed by atoms with E-state index in [1.165, 1.54) is 0 Å². The Labute approximate surface area is 105 Å². The van der Waals surface area contributed by atoms with Gasteiger partial charge in [-0.25, -0.2) is 0 Å². The molecule has 0 fully saturated rings. The second-order valence-corrected chi connectivity index (χ2v) is 2.40. The van der Waals surface area contributed by atoms with Crippen molar-refractivity contribution in [2.75, 3.05) is 0 Å². The Morgan fingerprint density at radius 3 is 2.50 bits per heavy atom. The number of rotatable bonds is 2. The fourth-order valence-electron chi connectivity index (χ4n) is 0.954. The molecule has 0 spiro atoms. The Bertz CT molecular complexity index is 401. The second kappa shape index (κ2) is 5.07. The molecule has 0 N–H and O–H groups in total. The fraction of sp³-hybridized carbons (Fsp3) is 0. The maximum atomic E-state index is 11.5. The fourth-order valence-corrected chi connectivity index (χ4v) is 0.954. The summed E-state index contributed by atoms with van der Waals surface area (Å²) in [6, 6.07) is 8.77. The van der Waals surface area contributed by atoms with E-state index >= 15 is 0 Å². The summed E-state index contributed by atoms with van der Waals surface area (Å²) < 4.78 is 0. The Balaban J connectivity index is 0.000000980. The maximum Gasteiger partial charge on any atom is 0.200 e. The minimum atomic E-state index is -0.259. The Morgan fingerprint density at radius 1 is 1.21 bits per heavy atom. The number of benzene rings is 1. The van der Waals surface area contributed by atoms with E-state index in [9.17, 15) is 4.79 Å². The van der Waals surface area contributed by atoms with Crippen molar-refractivity contribution in [3.05, 3.63) is 41.7 Å². The van der Waals surface area contributed by atoms with E-state index in [-0.39, 0.29) is 44.3 Å². The summed E-state index contributed by atoms with van der Waals surface area (Å²) in [4.78, 5) is 11.5. The van der Waals surface area contributed by atoms with Gasteiger partial charge in [0.2, 0.25) is 0 Å². The zero-order valence-electron chi connectivity index (χ0n) is 7.16. The molecule has 1 radical (unpaired) electrons. The smallest absolute Gasteiger partial charge is 0.200 e. The topological polar surface area (TPSA) is 69.8 Å². The van der Waals surface area contributed by atoms with Gasteiger partial charge in [0.25, 0.3) is 0 Å². The van der Waals surface area contributed by atoms with Crippen molar-refractivity contribution >= 4 is 5.78 Å². The van der Waals surface area contributed by atoms with Crippen molar-refractivity contribution < 1.29 is 37.5 Å². The minimum absolute atomic E-state index is 0. The van der Waals surface area contributed by atoms with Crippen LogP contribution in [0, 0.1) is 0 Å². The van der Waals surface area contributed by atoms with Crippen molar-refractivity contribution in [2.45, 2.75) is 0 Å². The molecule has 6 heteroatoms. The quantitative estimate of drug-likeness (QED) is 0.715. The van der Waals surface area contributed by atoms with Gasteiger partial charge < -0.3 is 5.10 Å². The second-order valence-electron chi connectivity index (χ2n) is 2.40. The molecule has 0 aliphatic rings. The molecule has 0 aliphatic carbocycles. The molecule has 1 aromatic carbocycles. The van der Waals surface area contributed by atoms with Gasteiger partial charge in [-0.15, -0.1) is 0 Å². The number of hydrogen-bond donors (Lipinski definition) is 0. The molecule has 1 aromatic heterocycles. The van der Waals surface area contributed by atoms with E-state index in [0.29, 0.717) is 5.56 Å². The zero-order chi connectivity index (χ0) is 9.10. The molecular weight excluding hydrogens is 257 g/mol. The first kappa shape index (κ1) is 11.1. The minimum Gasteiger partial charge on any atom is -0.327 e. The van der Waals surface area contributed by atoms with Gasteiger partial charge in [0.1, 0.15) is 0 Å². The van der Waals surface area contributed by atoms with Crippen LogP contribution in [0.1, 0.15) is 16.2 Å². The molecule has 0 amide bonds. The van der Waals surface area contributed by atoms with Gasteiger partial charge in [0.05, 0.1) is 5.82 Å². The van der Waals surface area contributed by atoms with Crippen molar-refractivity contribution in [1.82, 2.24) is 20.6 Å². The summed E-state index contributed by atoms with van der Waals surface area (Å²) in [6.45, 7) is 0. The first-order valence-electron chi connectivity index (χ1n) is 3.66. The van der Waals surface area contributed by atoms with Crippen LogP contribution in [0.25, 0.3) is 0 Å². The molecule has 5 nitrogen and oxygen atoms in total. The van der Waals surface area contributed by atoms with E-state index in [1.54, 1.807) is 24.3 Å². The monoisotopic (exact) mass is 262 g/mol. The molecule has 0 saturated carbocycles. The third-order valence-corrected chi connectivity index (χ3v) is 1.56. The predicted octanol–water partition coefficient (Wildman–Crippen LogP) is 0.0573. The largest absolute Gasteiger partial charge is 0.327 e. The van der Waals surface area contributed by atoms with Crippen LogP contribution in [0.3, 0.4) is 0 Å². The van der Waals surface area contributed by atoms with Crippen molar-refractivity contribution in [2.24, 2.45) is 0 Å². The van der Waals surface area contributed by atoms with E-state index in [2.05, 4.69) is 20.6 Å². The molecule has 2 aromatic rings. The molecule has 0 saturated heterocycles. The van der Waals surface area contributed by atoms with Crippen LogP contribution in [-0.2, 0) is 32.7 Å². The average molecular weight is 262 g/mol. The van der Waals surface area contributed by atoms with Gasteiger partial charge in [-0.2, -0.15) is 5.21 Å². The molecule has 0 unspecified atom stereocenters. The van der Waals surface area contributed by atoms with Gasteiger partial charge in [0, 0.05) is 38.3 Å². The summed E-state index contributed by atoms with van der Waals surface area (Å²) in [7, 11) is 0. The van der Waals surface area contributed by atoms with Gasteiger partial charge in [0.15, 0.2) is 5.78 Å². The number of tetrazole rings is 1. The summed E-state index contributed by atoms with van der Waals surface area (Å²) in [6.07, 6.45) is 0. The third kappa shape index (κ3) is 2.30. The average Bonchev–Trinajstić information content (AvgIpc) is 2.71. The molecule has 14 heavy (non-hydrogen) atoms. The summed E-state index contributed by atoms with van der Waals surface area (Å²) in [5, 5.41) is 13.4. The van der Waals surface area contributed by atoms with Crippen molar-refractivity contribution in [3.63, 3.8) is 0 Å². The molecule has 0 atom stereocenters. The number of aromatic nitrogens is 4. The van der Waals surface area contributed by atoms with Crippen LogP contribution in [0.15, 0.2) is 30.3 Å². The summed E-state index contributed by atoms with van der Waals surface area (Å²) >= 11 is 0. The Hall–Kier alpha value is -0.936. The molecular formula is C8H5N4OY-. The van der Waals surface area contributed by atoms with Crippen LogP contribution in [0.2, 0.25) is 0 Å². The van der Waals surface area contributed by atoms with E-state index in [4.69, 9.17) is 0 Å². The van der Waals surface area contributed by atoms with Crippen LogP contribution in [-0.4, -0.2) is 21.3 Å². The van der Waals surface area contributed by atoms with Gasteiger partial charge in [-0.1, -0.05) is 30.3 Å². The molecule has 1 heterocycles. The Morgan fingerprint density at radius 2 is 1.93 bits per heavy atom. The SMILES string of the molecule is O=C(c1ccccc1)c1nnn[n-]1.[Y]. The van der Waals surface area contributed by atoms with Gasteiger partial charge in [-0.3, -0.25) is 15.1 Å². The maximum absolute atomic E-state index is 11.5. The van der Waals surface area contributed by atoms with Crippen LogP contribution < -0.4 is 5.10 Å². The van der Waals surface area contributed by atoms with Crippen molar-refractivity contribution in [3.8, 4) is 0 Å². The predicted molar refractivity (Wildman–Crippen MR) is 43.0 cm³/mol. The number of carbonyl (C=O) groups is 1. The van der Waals surface area contributed by atoms with E-state index < -0.39 is 0 Å². The van der Waals surface area contributed by atoms with Crippen LogP contribution in [0.4, 0.5) is 0 Å². The normalized spacial score (nSPS) is 9.14. The summed E-state index contributed by atoms with van der Waals surface area (Å²) in [5.41, 5.74) is 0.539. The summed E-state index contributed by atoms with van der Waals surface area (Å²) in [5.74, 6) is -0.225. The van der Waals surface area contributed by atoms with Crippen LogP contribution in [0.5, 0.6) is 0 Å². The third-order valence-electron chi connectivity index (χ3n) is 1.56.